The van der Waals surface area contributed by atoms with E-state index >= 15 is 0 Å². The van der Waals surface area contributed by atoms with Gasteiger partial charge in [0, 0.05) is 58.2 Å². The fourth-order valence-corrected chi connectivity index (χ4v) is 4.27. The Morgan fingerprint density at radius 1 is 1.17 bits per heavy atom. The van der Waals surface area contributed by atoms with E-state index in [0.717, 1.165) is 38.0 Å². The van der Waals surface area contributed by atoms with Crippen molar-refractivity contribution >= 4 is 11.9 Å². The third-order valence-corrected chi connectivity index (χ3v) is 5.91. The Morgan fingerprint density at radius 2 is 1.93 bits per heavy atom. The molecule has 0 saturated carbocycles. The Hall–Kier alpha value is -2.74. The number of piperidine rings is 1. The SMILES string of the molecule is COc1ccc(CN2CCN(C(=O)[C@H]3CCCN(c4ncccn4)C3)CC2)cc1F. The van der Waals surface area contributed by atoms with Crippen LogP contribution in [0.1, 0.15) is 18.4 Å². The molecule has 4 rings (SSSR count). The first-order valence-electron chi connectivity index (χ1n) is 10.5. The summed E-state index contributed by atoms with van der Waals surface area (Å²) in [6.45, 7) is 5.22. The topological polar surface area (TPSA) is 61.8 Å². The van der Waals surface area contributed by atoms with Crippen LogP contribution in [0.3, 0.4) is 0 Å². The summed E-state index contributed by atoms with van der Waals surface area (Å²) in [5.41, 5.74) is 0.916. The molecule has 0 aliphatic carbocycles. The Balaban J connectivity index is 1.29. The van der Waals surface area contributed by atoms with E-state index < -0.39 is 0 Å². The van der Waals surface area contributed by atoms with Crippen molar-refractivity contribution in [3.05, 3.63) is 48.0 Å². The normalized spacial score (nSPS) is 20.3. The van der Waals surface area contributed by atoms with Crippen molar-refractivity contribution in [1.82, 2.24) is 19.8 Å². The summed E-state index contributed by atoms with van der Waals surface area (Å²) >= 11 is 0. The summed E-state index contributed by atoms with van der Waals surface area (Å²) in [5.74, 6) is 0.840. The molecule has 160 valence electrons. The zero-order valence-electron chi connectivity index (χ0n) is 17.3. The van der Waals surface area contributed by atoms with Gasteiger partial charge in [0.25, 0.3) is 0 Å². The lowest BCUT2D eigenvalue weighted by Crippen LogP contribution is -2.52. The summed E-state index contributed by atoms with van der Waals surface area (Å²) in [5, 5.41) is 0. The van der Waals surface area contributed by atoms with E-state index in [-0.39, 0.29) is 23.4 Å². The van der Waals surface area contributed by atoms with Crippen molar-refractivity contribution in [2.45, 2.75) is 19.4 Å². The van der Waals surface area contributed by atoms with Crippen molar-refractivity contribution in [3.8, 4) is 5.75 Å². The third kappa shape index (κ3) is 4.70. The van der Waals surface area contributed by atoms with Gasteiger partial charge in [-0.2, -0.15) is 0 Å². The summed E-state index contributed by atoms with van der Waals surface area (Å²) in [7, 11) is 1.47. The molecule has 1 aromatic heterocycles. The fraction of sp³-hybridized carbons (Fsp3) is 0.500. The quantitative estimate of drug-likeness (QED) is 0.749. The van der Waals surface area contributed by atoms with E-state index in [4.69, 9.17) is 4.74 Å². The molecular formula is C22H28FN5O2. The highest BCUT2D eigenvalue weighted by Gasteiger charge is 2.31. The number of carbonyl (C=O) groups is 1. The average Bonchev–Trinajstić information content (AvgIpc) is 2.80. The zero-order chi connectivity index (χ0) is 20.9. The fourth-order valence-electron chi connectivity index (χ4n) is 4.27. The Bertz CT molecular complexity index is 858. The molecule has 30 heavy (non-hydrogen) atoms. The van der Waals surface area contributed by atoms with Gasteiger partial charge in [-0.1, -0.05) is 6.07 Å². The van der Waals surface area contributed by atoms with Gasteiger partial charge in [0.1, 0.15) is 0 Å². The van der Waals surface area contributed by atoms with E-state index in [1.165, 1.54) is 13.2 Å². The molecule has 0 bridgehead atoms. The summed E-state index contributed by atoms with van der Waals surface area (Å²) in [4.78, 5) is 28.1. The number of ether oxygens (including phenoxy) is 1. The lowest BCUT2D eigenvalue weighted by Gasteiger charge is -2.39. The molecule has 0 radical (unpaired) electrons. The second-order valence-corrected chi connectivity index (χ2v) is 7.90. The number of amides is 1. The Labute approximate surface area is 176 Å². The van der Waals surface area contributed by atoms with Gasteiger partial charge in [-0.05, 0) is 36.6 Å². The molecule has 1 atom stereocenters. The molecule has 8 heteroatoms. The van der Waals surface area contributed by atoms with Crippen LogP contribution in [0, 0.1) is 11.7 Å². The number of rotatable bonds is 5. The first-order chi connectivity index (χ1) is 14.6. The van der Waals surface area contributed by atoms with Crippen LogP contribution in [-0.2, 0) is 11.3 Å². The van der Waals surface area contributed by atoms with Crippen molar-refractivity contribution < 1.29 is 13.9 Å². The maximum atomic E-state index is 13.9. The maximum Gasteiger partial charge on any atom is 0.227 e. The second-order valence-electron chi connectivity index (χ2n) is 7.90. The van der Waals surface area contributed by atoms with Crippen molar-refractivity contribution in [2.24, 2.45) is 5.92 Å². The summed E-state index contributed by atoms with van der Waals surface area (Å²) < 4.78 is 18.9. The van der Waals surface area contributed by atoms with Crippen LogP contribution < -0.4 is 9.64 Å². The molecule has 3 heterocycles. The molecule has 0 N–H and O–H groups in total. The lowest BCUT2D eigenvalue weighted by atomic mass is 9.96. The molecule has 2 saturated heterocycles. The van der Waals surface area contributed by atoms with Crippen molar-refractivity contribution in [3.63, 3.8) is 0 Å². The van der Waals surface area contributed by atoms with E-state index in [2.05, 4.69) is 19.8 Å². The van der Waals surface area contributed by atoms with E-state index in [1.54, 1.807) is 24.5 Å². The Kier molecular flexibility index (Phi) is 6.42. The summed E-state index contributed by atoms with van der Waals surface area (Å²) in [6.07, 6.45) is 5.36. The lowest BCUT2D eigenvalue weighted by molar-refractivity contribution is -0.137. The van der Waals surface area contributed by atoms with Crippen LogP contribution in [0.5, 0.6) is 5.75 Å². The predicted octanol–water partition coefficient (Wildman–Crippen LogP) is 2.19. The van der Waals surface area contributed by atoms with Crippen LogP contribution in [0.25, 0.3) is 0 Å². The molecular weight excluding hydrogens is 385 g/mol. The molecule has 0 unspecified atom stereocenters. The molecule has 2 fully saturated rings. The summed E-state index contributed by atoms with van der Waals surface area (Å²) in [6, 6.07) is 6.88. The number of aromatic nitrogens is 2. The van der Waals surface area contributed by atoms with Gasteiger partial charge in [-0.25, -0.2) is 14.4 Å². The standard InChI is InChI=1S/C22H28FN5O2/c1-30-20-6-5-17(14-19(20)23)15-26-10-12-27(13-11-26)21(29)18-4-2-9-28(16-18)22-24-7-3-8-25-22/h3,5-8,14,18H,2,4,9-13,15-16H2,1H3/t18-/m0/s1. The molecule has 1 amide bonds. The van der Waals surface area contributed by atoms with Crippen LogP contribution in [0.15, 0.2) is 36.7 Å². The van der Waals surface area contributed by atoms with Gasteiger partial charge in [-0.3, -0.25) is 9.69 Å². The largest absolute Gasteiger partial charge is 0.494 e. The minimum absolute atomic E-state index is 0.00945. The highest BCUT2D eigenvalue weighted by molar-refractivity contribution is 5.79. The monoisotopic (exact) mass is 413 g/mol. The minimum atomic E-state index is -0.340. The van der Waals surface area contributed by atoms with Gasteiger partial charge >= 0.3 is 0 Å². The molecule has 2 aliphatic heterocycles. The number of piperazine rings is 1. The maximum absolute atomic E-state index is 13.9. The zero-order valence-corrected chi connectivity index (χ0v) is 17.3. The van der Waals surface area contributed by atoms with Crippen molar-refractivity contribution in [2.75, 3.05) is 51.3 Å². The van der Waals surface area contributed by atoms with Gasteiger partial charge in [0.2, 0.25) is 11.9 Å². The van der Waals surface area contributed by atoms with Gasteiger partial charge in [-0.15, -0.1) is 0 Å². The van der Waals surface area contributed by atoms with E-state index in [0.29, 0.717) is 32.1 Å². The first-order valence-corrected chi connectivity index (χ1v) is 10.5. The highest BCUT2D eigenvalue weighted by Crippen LogP contribution is 2.23. The van der Waals surface area contributed by atoms with E-state index in [9.17, 15) is 9.18 Å². The third-order valence-electron chi connectivity index (χ3n) is 5.91. The highest BCUT2D eigenvalue weighted by atomic mass is 19.1. The number of hydrogen-bond donors (Lipinski definition) is 0. The minimum Gasteiger partial charge on any atom is -0.494 e. The predicted molar refractivity (Wildman–Crippen MR) is 112 cm³/mol. The molecule has 2 aromatic rings. The van der Waals surface area contributed by atoms with Crippen LogP contribution >= 0.6 is 0 Å². The van der Waals surface area contributed by atoms with Gasteiger partial charge < -0.3 is 14.5 Å². The molecule has 1 aromatic carbocycles. The molecule has 2 aliphatic rings. The van der Waals surface area contributed by atoms with Crippen LogP contribution in [0.2, 0.25) is 0 Å². The smallest absolute Gasteiger partial charge is 0.227 e. The average molecular weight is 413 g/mol. The molecule has 7 nitrogen and oxygen atoms in total. The number of nitrogens with zero attached hydrogens (tertiary/aromatic N) is 5. The Morgan fingerprint density at radius 3 is 2.63 bits per heavy atom. The van der Waals surface area contributed by atoms with E-state index in [1.807, 2.05) is 11.0 Å². The first kappa shape index (κ1) is 20.5. The number of anilines is 1. The van der Waals surface area contributed by atoms with Crippen LogP contribution in [0.4, 0.5) is 10.3 Å². The number of halogens is 1. The second kappa shape index (κ2) is 9.38. The van der Waals surface area contributed by atoms with Gasteiger partial charge in [0.05, 0.1) is 13.0 Å². The molecule has 0 spiro atoms. The van der Waals surface area contributed by atoms with Crippen molar-refractivity contribution in [1.29, 1.82) is 0 Å². The number of carbonyl (C=O) groups excluding carboxylic acids is 1. The number of methoxy groups -OCH3 is 1. The number of hydrogen-bond acceptors (Lipinski definition) is 6. The number of benzene rings is 1. The van der Waals surface area contributed by atoms with Gasteiger partial charge in [0.15, 0.2) is 11.6 Å². The van der Waals surface area contributed by atoms with Crippen LogP contribution in [-0.4, -0.2) is 72.1 Å².